The summed E-state index contributed by atoms with van der Waals surface area (Å²) in [6.07, 6.45) is 7.95. The van der Waals surface area contributed by atoms with Crippen LogP contribution in [0.2, 0.25) is 0 Å². The average Bonchev–Trinajstić information content (AvgIpc) is 3.10. The molecule has 0 spiro atoms. The lowest BCUT2D eigenvalue weighted by Crippen LogP contribution is -2.29. The number of nitrogens with zero attached hydrogens (tertiary/aromatic N) is 3. The van der Waals surface area contributed by atoms with E-state index in [0.717, 1.165) is 57.1 Å². The molecule has 1 aliphatic carbocycles. The molecule has 4 rings (SSSR count). The monoisotopic (exact) mass is 329 g/mol. The molecule has 7 nitrogen and oxygen atoms in total. The average molecular weight is 329 g/mol. The fourth-order valence-electron chi connectivity index (χ4n) is 3.75. The van der Waals surface area contributed by atoms with Crippen LogP contribution in [0.5, 0.6) is 0 Å². The highest BCUT2D eigenvalue weighted by atomic mass is 16.5. The molecule has 0 unspecified atom stereocenters. The number of rotatable bonds is 3. The Morgan fingerprint density at radius 3 is 2.71 bits per heavy atom. The largest absolute Gasteiger partial charge is 0.398 e. The van der Waals surface area contributed by atoms with Crippen molar-refractivity contribution in [2.45, 2.75) is 50.6 Å². The minimum absolute atomic E-state index is 0.0670. The second-order valence-corrected chi connectivity index (χ2v) is 6.71. The Morgan fingerprint density at radius 1 is 1.21 bits per heavy atom. The molecule has 2 aromatic rings. The molecule has 0 atom stereocenters. The smallest absolute Gasteiger partial charge is 0.254 e. The van der Waals surface area contributed by atoms with E-state index in [1.54, 1.807) is 6.20 Å². The Hall–Kier alpha value is -2.15. The highest BCUT2D eigenvalue weighted by Crippen LogP contribution is 2.31. The maximum atomic E-state index is 12.5. The molecule has 2 aliphatic rings. The van der Waals surface area contributed by atoms with Crippen LogP contribution in [-0.4, -0.2) is 33.8 Å². The Morgan fingerprint density at radius 2 is 1.96 bits per heavy atom. The van der Waals surface area contributed by atoms with Gasteiger partial charge in [0.15, 0.2) is 5.65 Å². The zero-order chi connectivity index (χ0) is 16.5. The molecule has 7 heteroatoms. The van der Waals surface area contributed by atoms with Crippen LogP contribution in [0.25, 0.3) is 11.0 Å². The Balaban J connectivity index is 1.75. The van der Waals surface area contributed by atoms with Crippen LogP contribution in [0.3, 0.4) is 0 Å². The second-order valence-electron chi connectivity index (χ2n) is 6.71. The molecule has 1 saturated heterocycles. The molecule has 0 aromatic carbocycles. The number of aromatic nitrogens is 3. The van der Waals surface area contributed by atoms with Crippen LogP contribution in [0, 0.1) is 0 Å². The summed E-state index contributed by atoms with van der Waals surface area (Å²) in [5, 5.41) is 4.12. The fourth-order valence-corrected chi connectivity index (χ4v) is 3.75. The second kappa shape index (κ2) is 6.39. The molecule has 3 N–H and O–H groups in total. The van der Waals surface area contributed by atoms with Gasteiger partial charge in [0.2, 0.25) is 5.95 Å². The van der Waals surface area contributed by atoms with Crippen LogP contribution >= 0.6 is 0 Å². The lowest BCUT2D eigenvalue weighted by molar-refractivity contribution is 0.0903. The first-order valence-electron chi connectivity index (χ1n) is 8.74. The Kier molecular flexibility index (Phi) is 4.10. The minimum Gasteiger partial charge on any atom is -0.398 e. The molecule has 2 fully saturated rings. The van der Waals surface area contributed by atoms with Crippen molar-refractivity contribution in [1.29, 1.82) is 0 Å². The summed E-state index contributed by atoms with van der Waals surface area (Å²) in [6, 6.07) is 2.02. The van der Waals surface area contributed by atoms with Crippen LogP contribution in [0.4, 0.5) is 11.6 Å². The fraction of sp³-hybridized carbons (Fsp3) is 0.588. The highest BCUT2D eigenvalue weighted by Gasteiger charge is 2.22. The molecule has 24 heavy (non-hydrogen) atoms. The third kappa shape index (κ3) is 2.84. The van der Waals surface area contributed by atoms with Gasteiger partial charge in [-0.25, -0.2) is 4.98 Å². The first-order valence-corrected chi connectivity index (χ1v) is 8.74. The summed E-state index contributed by atoms with van der Waals surface area (Å²) in [7, 11) is 0. The third-order valence-corrected chi connectivity index (χ3v) is 5.07. The Bertz CT molecular complexity index is 791. The molecule has 1 saturated carbocycles. The van der Waals surface area contributed by atoms with Gasteiger partial charge in [-0.2, -0.15) is 4.98 Å². The van der Waals surface area contributed by atoms with Gasteiger partial charge < -0.3 is 15.8 Å². The van der Waals surface area contributed by atoms with Crippen molar-refractivity contribution >= 4 is 22.7 Å². The zero-order valence-electron chi connectivity index (χ0n) is 13.7. The Labute approximate surface area is 140 Å². The molecule has 0 amide bonds. The van der Waals surface area contributed by atoms with Crippen LogP contribution in [0.15, 0.2) is 17.1 Å². The van der Waals surface area contributed by atoms with Crippen molar-refractivity contribution in [3.05, 3.63) is 22.6 Å². The van der Waals surface area contributed by atoms with E-state index in [9.17, 15) is 4.79 Å². The van der Waals surface area contributed by atoms with Gasteiger partial charge in [-0.15, -0.1) is 0 Å². The van der Waals surface area contributed by atoms with E-state index in [2.05, 4.69) is 15.3 Å². The number of nitrogens with one attached hydrogen (secondary N) is 1. The van der Waals surface area contributed by atoms with Gasteiger partial charge in [0.05, 0.1) is 5.39 Å². The lowest BCUT2D eigenvalue weighted by atomic mass is 10.1. The third-order valence-electron chi connectivity index (χ3n) is 5.07. The first kappa shape index (κ1) is 15.4. The van der Waals surface area contributed by atoms with Crippen LogP contribution < -0.4 is 16.6 Å². The molecule has 3 heterocycles. The summed E-state index contributed by atoms with van der Waals surface area (Å²) in [5.74, 6) is 0.561. The molecule has 128 valence electrons. The van der Waals surface area contributed by atoms with E-state index in [4.69, 9.17) is 10.5 Å². The summed E-state index contributed by atoms with van der Waals surface area (Å²) >= 11 is 0. The van der Waals surface area contributed by atoms with E-state index in [0.29, 0.717) is 23.3 Å². The van der Waals surface area contributed by atoms with Gasteiger partial charge in [0, 0.05) is 43.2 Å². The molecule has 1 aliphatic heterocycles. The standard InChI is InChI=1S/C17H23N5O2/c18-14-9-15(23)22(12-3-1-2-4-12)16-13(14)10-19-17(21-16)20-11-5-7-24-8-6-11/h9-12H,1-8,18H2,(H,19,20,21). The first-order chi connectivity index (χ1) is 11.7. The number of hydrogen-bond acceptors (Lipinski definition) is 6. The van der Waals surface area contributed by atoms with Crippen molar-refractivity contribution < 1.29 is 4.74 Å². The van der Waals surface area contributed by atoms with E-state index in [1.165, 1.54) is 6.07 Å². The van der Waals surface area contributed by atoms with E-state index in [-0.39, 0.29) is 11.6 Å². The number of ether oxygens (including phenoxy) is 1. The molecular formula is C17H23N5O2. The van der Waals surface area contributed by atoms with Crippen molar-refractivity contribution in [3.63, 3.8) is 0 Å². The topological polar surface area (TPSA) is 95.1 Å². The summed E-state index contributed by atoms with van der Waals surface area (Å²) < 4.78 is 7.20. The lowest BCUT2D eigenvalue weighted by Gasteiger charge is -2.23. The number of nitrogen functional groups attached to an aromatic ring is 1. The molecule has 0 bridgehead atoms. The maximum Gasteiger partial charge on any atom is 0.254 e. The van der Waals surface area contributed by atoms with E-state index >= 15 is 0 Å². The number of anilines is 2. The predicted molar refractivity (Wildman–Crippen MR) is 93.2 cm³/mol. The van der Waals surface area contributed by atoms with Crippen molar-refractivity contribution in [2.24, 2.45) is 0 Å². The zero-order valence-corrected chi connectivity index (χ0v) is 13.7. The normalized spacial score (nSPS) is 19.8. The summed E-state index contributed by atoms with van der Waals surface area (Å²) in [5.41, 5.74) is 7.06. The molecule has 0 radical (unpaired) electrons. The quantitative estimate of drug-likeness (QED) is 0.895. The van der Waals surface area contributed by atoms with Gasteiger partial charge in [0.1, 0.15) is 0 Å². The summed E-state index contributed by atoms with van der Waals surface area (Å²) in [6.45, 7) is 1.51. The van der Waals surface area contributed by atoms with Crippen molar-refractivity contribution in [2.75, 3.05) is 24.3 Å². The predicted octanol–water partition coefficient (Wildman–Crippen LogP) is 2.08. The number of hydrogen-bond donors (Lipinski definition) is 2. The number of pyridine rings is 1. The van der Waals surface area contributed by atoms with Crippen molar-refractivity contribution in [3.8, 4) is 0 Å². The van der Waals surface area contributed by atoms with E-state index in [1.807, 2.05) is 4.57 Å². The van der Waals surface area contributed by atoms with Gasteiger partial charge >= 0.3 is 0 Å². The maximum absolute atomic E-state index is 12.5. The molecular weight excluding hydrogens is 306 g/mol. The minimum atomic E-state index is -0.0670. The number of nitrogens with two attached hydrogens (primary N) is 1. The SMILES string of the molecule is Nc1cc(=O)n(C2CCCC2)c2nc(NC3CCOCC3)ncc12. The number of fused-ring (bicyclic) bond motifs is 1. The van der Waals surface area contributed by atoms with Crippen LogP contribution in [0.1, 0.15) is 44.6 Å². The van der Waals surface area contributed by atoms with Gasteiger partial charge in [-0.1, -0.05) is 12.8 Å². The van der Waals surface area contributed by atoms with E-state index < -0.39 is 0 Å². The highest BCUT2D eigenvalue weighted by molar-refractivity contribution is 5.87. The van der Waals surface area contributed by atoms with Gasteiger partial charge in [-0.3, -0.25) is 9.36 Å². The summed E-state index contributed by atoms with van der Waals surface area (Å²) in [4.78, 5) is 21.6. The van der Waals surface area contributed by atoms with Crippen molar-refractivity contribution in [1.82, 2.24) is 14.5 Å². The van der Waals surface area contributed by atoms with Gasteiger partial charge in [0.25, 0.3) is 5.56 Å². The molecule has 2 aromatic heterocycles. The van der Waals surface area contributed by atoms with Crippen LogP contribution in [-0.2, 0) is 4.74 Å². The van der Waals surface area contributed by atoms with Gasteiger partial charge in [-0.05, 0) is 25.7 Å².